The van der Waals surface area contributed by atoms with Crippen LogP contribution in [-0.4, -0.2) is 5.91 Å². The highest BCUT2D eigenvalue weighted by Gasteiger charge is 2.13. The van der Waals surface area contributed by atoms with E-state index in [4.69, 9.17) is 4.74 Å². The molecule has 0 aliphatic carbocycles. The van der Waals surface area contributed by atoms with Gasteiger partial charge in [0.15, 0.2) is 0 Å². The highest BCUT2D eigenvalue weighted by molar-refractivity contribution is 6.01. The van der Waals surface area contributed by atoms with Gasteiger partial charge < -0.3 is 10.1 Å². The molecule has 0 aromatic heterocycles. The zero-order valence-corrected chi connectivity index (χ0v) is 17.1. The predicted octanol–water partition coefficient (Wildman–Crippen LogP) is 5.36. The number of ether oxygens (including phenoxy) is 1. The topological polar surface area (TPSA) is 62.1 Å². The van der Waals surface area contributed by atoms with Gasteiger partial charge in [0.1, 0.15) is 24.0 Å². The molecule has 30 heavy (non-hydrogen) atoms. The Balaban J connectivity index is 1.62. The van der Waals surface area contributed by atoms with E-state index in [9.17, 15) is 10.1 Å². The number of carbonyl (C=O) groups excluding carboxylic acids is 1. The summed E-state index contributed by atoms with van der Waals surface area (Å²) in [5.41, 5.74) is 4.11. The molecule has 4 heteroatoms. The van der Waals surface area contributed by atoms with Gasteiger partial charge in [-0.1, -0.05) is 72.3 Å². The molecule has 0 spiro atoms. The Labute approximate surface area is 177 Å². The van der Waals surface area contributed by atoms with Crippen molar-refractivity contribution in [3.8, 4) is 11.8 Å². The van der Waals surface area contributed by atoms with E-state index in [0.29, 0.717) is 6.61 Å². The van der Waals surface area contributed by atoms with Gasteiger partial charge in [0, 0.05) is 0 Å². The number of benzene rings is 3. The Morgan fingerprint density at radius 2 is 1.80 bits per heavy atom. The Morgan fingerprint density at radius 3 is 2.47 bits per heavy atom. The third-order valence-corrected chi connectivity index (χ3v) is 4.69. The number of nitrogens with zero attached hydrogens (tertiary/aromatic N) is 1. The molecule has 3 aromatic rings. The van der Waals surface area contributed by atoms with Gasteiger partial charge in [-0.05, 0) is 48.7 Å². The Hall–Kier alpha value is -3.84. The Kier molecular flexibility index (Phi) is 7.02. The van der Waals surface area contributed by atoms with Crippen LogP contribution in [0.3, 0.4) is 0 Å². The number of rotatable bonds is 7. The van der Waals surface area contributed by atoms with E-state index >= 15 is 0 Å². The fraction of sp³-hybridized carbons (Fsp3) is 0.154. The predicted molar refractivity (Wildman–Crippen MR) is 119 cm³/mol. The SMILES string of the molecule is Cc1cccc(COc2ccc(/C=C(\C#N)C(=O)N[C@@H](C)c3ccccc3)cc2)c1. The molecule has 0 fully saturated rings. The van der Waals surface area contributed by atoms with Crippen LogP contribution < -0.4 is 10.1 Å². The zero-order valence-electron chi connectivity index (χ0n) is 17.1. The molecular formula is C26H24N2O2. The fourth-order valence-corrected chi connectivity index (χ4v) is 3.04. The van der Waals surface area contributed by atoms with Crippen LogP contribution in [0.4, 0.5) is 0 Å². The van der Waals surface area contributed by atoms with Crippen molar-refractivity contribution in [1.29, 1.82) is 5.26 Å². The molecule has 4 nitrogen and oxygen atoms in total. The van der Waals surface area contributed by atoms with Crippen molar-refractivity contribution in [1.82, 2.24) is 5.32 Å². The molecule has 0 heterocycles. The summed E-state index contributed by atoms with van der Waals surface area (Å²) in [7, 11) is 0. The van der Waals surface area contributed by atoms with Crippen LogP contribution >= 0.6 is 0 Å². The van der Waals surface area contributed by atoms with E-state index < -0.39 is 5.91 Å². The lowest BCUT2D eigenvalue weighted by atomic mass is 10.1. The first kappa shape index (κ1) is 20.9. The van der Waals surface area contributed by atoms with Gasteiger partial charge >= 0.3 is 0 Å². The van der Waals surface area contributed by atoms with Crippen molar-refractivity contribution >= 4 is 12.0 Å². The van der Waals surface area contributed by atoms with Crippen LogP contribution in [0.15, 0.2) is 84.4 Å². The maximum atomic E-state index is 12.5. The molecule has 0 saturated heterocycles. The minimum absolute atomic E-state index is 0.0613. The molecule has 0 saturated carbocycles. The second-order valence-corrected chi connectivity index (χ2v) is 7.12. The number of amides is 1. The lowest BCUT2D eigenvalue weighted by Gasteiger charge is -2.13. The van der Waals surface area contributed by atoms with Crippen LogP contribution in [0.25, 0.3) is 6.08 Å². The molecule has 1 atom stereocenters. The van der Waals surface area contributed by atoms with E-state index in [1.165, 1.54) is 5.56 Å². The second kappa shape index (κ2) is 10.1. The summed E-state index contributed by atoms with van der Waals surface area (Å²) in [6, 6.07) is 26.9. The first-order valence-corrected chi connectivity index (χ1v) is 9.81. The first-order chi connectivity index (χ1) is 14.5. The minimum atomic E-state index is -0.395. The van der Waals surface area contributed by atoms with Crippen LogP contribution in [0, 0.1) is 18.3 Å². The zero-order chi connectivity index (χ0) is 21.3. The Morgan fingerprint density at radius 1 is 1.07 bits per heavy atom. The highest BCUT2D eigenvalue weighted by Crippen LogP contribution is 2.17. The number of carbonyl (C=O) groups is 1. The van der Waals surface area contributed by atoms with Gasteiger partial charge in [-0.2, -0.15) is 5.26 Å². The Bertz CT molecular complexity index is 1060. The van der Waals surface area contributed by atoms with Crippen molar-refractivity contribution in [3.05, 3.63) is 107 Å². The fourth-order valence-electron chi connectivity index (χ4n) is 3.04. The van der Waals surface area contributed by atoms with Gasteiger partial charge in [0.25, 0.3) is 5.91 Å². The number of nitrogens with one attached hydrogen (secondary N) is 1. The smallest absolute Gasteiger partial charge is 0.262 e. The molecule has 150 valence electrons. The summed E-state index contributed by atoms with van der Waals surface area (Å²) in [5.74, 6) is 0.336. The lowest BCUT2D eigenvalue weighted by molar-refractivity contribution is -0.117. The summed E-state index contributed by atoms with van der Waals surface area (Å²) >= 11 is 0. The van der Waals surface area contributed by atoms with E-state index in [1.54, 1.807) is 6.08 Å². The number of hydrogen-bond acceptors (Lipinski definition) is 3. The van der Waals surface area contributed by atoms with Crippen molar-refractivity contribution < 1.29 is 9.53 Å². The van der Waals surface area contributed by atoms with Crippen LogP contribution in [-0.2, 0) is 11.4 Å². The molecule has 0 bridgehead atoms. The molecule has 1 N–H and O–H groups in total. The molecule has 0 aliphatic heterocycles. The van der Waals surface area contributed by atoms with E-state index in [2.05, 4.69) is 11.4 Å². The maximum Gasteiger partial charge on any atom is 0.262 e. The van der Waals surface area contributed by atoms with E-state index in [1.807, 2.05) is 92.7 Å². The van der Waals surface area contributed by atoms with Crippen molar-refractivity contribution in [2.24, 2.45) is 0 Å². The second-order valence-electron chi connectivity index (χ2n) is 7.12. The summed E-state index contributed by atoms with van der Waals surface area (Å²) in [6.45, 7) is 4.43. The number of aryl methyl sites for hydroxylation is 1. The first-order valence-electron chi connectivity index (χ1n) is 9.81. The van der Waals surface area contributed by atoms with Gasteiger partial charge in [-0.25, -0.2) is 0 Å². The summed E-state index contributed by atoms with van der Waals surface area (Å²) in [5, 5.41) is 12.3. The average Bonchev–Trinajstić information content (AvgIpc) is 2.77. The average molecular weight is 396 g/mol. The summed E-state index contributed by atoms with van der Waals surface area (Å²) < 4.78 is 5.82. The highest BCUT2D eigenvalue weighted by atomic mass is 16.5. The van der Waals surface area contributed by atoms with E-state index in [0.717, 1.165) is 22.4 Å². The van der Waals surface area contributed by atoms with Crippen LogP contribution in [0.5, 0.6) is 5.75 Å². The third kappa shape index (κ3) is 5.83. The van der Waals surface area contributed by atoms with Gasteiger partial charge in [-0.15, -0.1) is 0 Å². The summed E-state index contributed by atoms with van der Waals surface area (Å²) in [4.78, 5) is 12.5. The van der Waals surface area contributed by atoms with Crippen molar-refractivity contribution in [2.75, 3.05) is 0 Å². The standard InChI is InChI=1S/C26H24N2O2/c1-19-7-6-8-22(15-19)18-30-25-13-11-21(12-14-25)16-24(17-27)26(29)28-20(2)23-9-4-3-5-10-23/h3-16,20H,18H2,1-2H3,(H,28,29)/b24-16+/t20-/m0/s1. The molecule has 0 aliphatic rings. The molecule has 0 radical (unpaired) electrons. The molecule has 3 aromatic carbocycles. The van der Waals surface area contributed by atoms with Gasteiger partial charge in [-0.3, -0.25) is 4.79 Å². The molecular weight excluding hydrogens is 372 g/mol. The van der Waals surface area contributed by atoms with Crippen LogP contribution in [0.1, 0.15) is 35.2 Å². The maximum absolute atomic E-state index is 12.5. The largest absolute Gasteiger partial charge is 0.489 e. The monoisotopic (exact) mass is 396 g/mol. The molecule has 3 rings (SSSR count). The van der Waals surface area contributed by atoms with Crippen molar-refractivity contribution in [2.45, 2.75) is 26.5 Å². The van der Waals surface area contributed by atoms with Crippen LogP contribution in [0.2, 0.25) is 0 Å². The van der Waals surface area contributed by atoms with Gasteiger partial charge in [0.2, 0.25) is 0 Å². The number of hydrogen-bond donors (Lipinski definition) is 1. The van der Waals surface area contributed by atoms with E-state index in [-0.39, 0.29) is 11.6 Å². The van der Waals surface area contributed by atoms with Crippen molar-refractivity contribution in [3.63, 3.8) is 0 Å². The minimum Gasteiger partial charge on any atom is -0.489 e. The molecule has 1 amide bonds. The van der Waals surface area contributed by atoms with Gasteiger partial charge in [0.05, 0.1) is 6.04 Å². The third-order valence-electron chi connectivity index (χ3n) is 4.69. The summed E-state index contributed by atoms with van der Waals surface area (Å²) in [6.07, 6.45) is 1.58. The normalized spacial score (nSPS) is 12.0. The number of nitriles is 1. The lowest BCUT2D eigenvalue weighted by Crippen LogP contribution is -2.27. The molecule has 0 unspecified atom stereocenters. The quantitative estimate of drug-likeness (QED) is 0.432.